The molecule has 0 bridgehead atoms. The van der Waals surface area contributed by atoms with E-state index in [4.69, 9.17) is 4.74 Å². The zero-order valence-corrected chi connectivity index (χ0v) is 11.1. The molecule has 0 saturated heterocycles. The molecule has 17 heavy (non-hydrogen) atoms. The molecular weight excluding hydrogens is 217 g/mol. The molecule has 1 unspecified atom stereocenters. The molecule has 0 aliphatic carbocycles. The van der Waals surface area contributed by atoms with Gasteiger partial charge in [0.2, 0.25) is 0 Å². The van der Waals surface area contributed by atoms with Crippen molar-refractivity contribution >= 4 is 0 Å². The minimum atomic E-state index is -0.982. The molecule has 1 rings (SSSR count). The van der Waals surface area contributed by atoms with Gasteiger partial charge in [-0.15, -0.1) is 0 Å². The summed E-state index contributed by atoms with van der Waals surface area (Å²) in [5, 5.41) is 3.15. The largest absolute Gasteiger partial charge is 0.494 e. The van der Waals surface area contributed by atoms with Crippen molar-refractivity contribution in [2.24, 2.45) is 0 Å². The summed E-state index contributed by atoms with van der Waals surface area (Å²) < 4.78 is 19.2. The number of hydrogen-bond donors (Lipinski definition) is 1. The molecule has 0 aliphatic heterocycles. The van der Waals surface area contributed by atoms with E-state index in [-0.39, 0.29) is 5.54 Å². The molecule has 0 amide bonds. The number of halogens is 1. The number of benzene rings is 1. The number of ether oxygens (including phenoxy) is 1. The molecule has 96 valence electrons. The number of rotatable bonds is 5. The first-order chi connectivity index (χ1) is 7.92. The third kappa shape index (κ3) is 5.18. The smallest absolute Gasteiger partial charge is 0.138 e. The van der Waals surface area contributed by atoms with Gasteiger partial charge in [-0.05, 0) is 45.4 Å². The highest BCUT2D eigenvalue weighted by molar-refractivity contribution is 5.28. The summed E-state index contributed by atoms with van der Waals surface area (Å²) in [6, 6.07) is 7.17. The topological polar surface area (TPSA) is 21.3 Å². The van der Waals surface area contributed by atoms with Crippen molar-refractivity contribution in [3.63, 3.8) is 0 Å². The van der Waals surface area contributed by atoms with E-state index in [0.717, 1.165) is 5.75 Å². The Labute approximate surface area is 103 Å². The highest BCUT2D eigenvalue weighted by Crippen LogP contribution is 2.20. The van der Waals surface area contributed by atoms with E-state index in [2.05, 4.69) is 5.32 Å². The average Bonchev–Trinajstić information content (AvgIpc) is 2.26. The second-order valence-electron chi connectivity index (χ2n) is 5.10. The first-order valence-electron chi connectivity index (χ1n) is 6.04. The van der Waals surface area contributed by atoms with Gasteiger partial charge in [0.25, 0.3) is 0 Å². The summed E-state index contributed by atoms with van der Waals surface area (Å²) in [5.74, 6) is 0.784. The molecule has 1 atom stereocenters. The van der Waals surface area contributed by atoms with Crippen LogP contribution in [-0.2, 0) is 0 Å². The molecule has 1 aromatic carbocycles. The van der Waals surface area contributed by atoms with Gasteiger partial charge in [0, 0.05) is 12.1 Å². The van der Waals surface area contributed by atoms with Crippen LogP contribution in [0, 0.1) is 0 Å². The Kier molecular flexibility index (Phi) is 4.94. The van der Waals surface area contributed by atoms with Crippen molar-refractivity contribution in [3.05, 3.63) is 29.8 Å². The lowest BCUT2D eigenvalue weighted by Gasteiger charge is -2.22. The van der Waals surface area contributed by atoms with Crippen LogP contribution < -0.4 is 10.1 Å². The molecule has 0 radical (unpaired) electrons. The summed E-state index contributed by atoms with van der Waals surface area (Å²) in [5.41, 5.74) is 0.625. The lowest BCUT2D eigenvalue weighted by Crippen LogP contribution is -2.37. The number of nitrogens with one attached hydrogen (secondary N) is 1. The normalized spacial score (nSPS) is 13.5. The second-order valence-corrected chi connectivity index (χ2v) is 5.10. The lowest BCUT2D eigenvalue weighted by atomic mass is 10.1. The summed E-state index contributed by atoms with van der Waals surface area (Å²) >= 11 is 0. The van der Waals surface area contributed by atoms with E-state index < -0.39 is 6.17 Å². The van der Waals surface area contributed by atoms with Gasteiger partial charge in [-0.2, -0.15) is 0 Å². The Hall–Kier alpha value is -1.09. The molecule has 3 heteroatoms. The van der Waals surface area contributed by atoms with Gasteiger partial charge in [-0.1, -0.05) is 12.1 Å². The number of hydrogen-bond acceptors (Lipinski definition) is 2. The molecule has 0 spiro atoms. The van der Waals surface area contributed by atoms with E-state index in [1.807, 2.05) is 39.8 Å². The Morgan fingerprint density at radius 1 is 1.24 bits per heavy atom. The first-order valence-corrected chi connectivity index (χ1v) is 6.04. The molecule has 0 saturated carbocycles. The Balaban J connectivity index is 2.54. The standard InChI is InChI=1S/C14H22FNO/c1-5-17-12-8-6-11(7-9-12)13(15)10-16-14(2,3)4/h6-9,13,16H,5,10H2,1-4H3. The summed E-state index contributed by atoms with van der Waals surface area (Å²) in [6.45, 7) is 8.97. The summed E-state index contributed by atoms with van der Waals surface area (Å²) in [4.78, 5) is 0. The van der Waals surface area contributed by atoms with Gasteiger partial charge in [-0.3, -0.25) is 0 Å². The van der Waals surface area contributed by atoms with Crippen molar-refractivity contribution in [2.45, 2.75) is 39.4 Å². The third-order valence-corrected chi connectivity index (χ3v) is 2.36. The molecule has 1 N–H and O–H groups in total. The van der Waals surface area contributed by atoms with E-state index in [9.17, 15) is 4.39 Å². The summed E-state index contributed by atoms with van der Waals surface area (Å²) in [7, 11) is 0. The van der Waals surface area contributed by atoms with E-state index >= 15 is 0 Å². The molecule has 2 nitrogen and oxygen atoms in total. The zero-order chi connectivity index (χ0) is 12.9. The van der Waals surface area contributed by atoms with Gasteiger partial charge in [0.05, 0.1) is 6.61 Å². The lowest BCUT2D eigenvalue weighted by molar-refractivity contribution is 0.291. The first kappa shape index (κ1) is 14.0. The Morgan fingerprint density at radius 3 is 2.29 bits per heavy atom. The van der Waals surface area contributed by atoms with Crippen LogP contribution in [0.5, 0.6) is 5.75 Å². The molecular formula is C14H22FNO. The highest BCUT2D eigenvalue weighted by atomic mass is 19.1. The maximum Gasteiger partial charge on any atom is 0.138 e. The van der Waals surface area contributed by atoms with Gasteiger partial charge in [-0.25, -0.2) is 4.39 Å². The van der Waals surface area contributed by atoms with Gasteiger partial charge >= 0.3 is 0 Å². The van der Waals surface area contributed by atoms with Crippen LogP contribution in [0.25, 0.3) is 0 Å². The van der Waals surface area contributed by atoms with Crippen molar-refractivity contribution < 1.29 is 9.13 Å². The van der Waals surface area contributed by atoms with Gasteiger partial charge < -0.3 is 10.1 Å². The van der Waals surface area contributed by atoms with Crippen LogP contribution in [0.4, 0.5) is 4.39 Å². The monoisotopic (exact) mass is 239 g/mol. The van der Waals surface area contributed by atoms with Crippen LogP contribution in [0.1, 0.15) is 39.4 Å². The van der Waals surface area contributed by atoms with Crippen molar-refractivity contribution in [3.8, 4) is 5.75 Å². The highest BCUT2D eigenvalue weighted by Gasteiger charge is 2.14. The minimum absolute atomic E-state index is 0.0599. The van der Waals surface area contributed by atoms with Gasteiger partial charge in [0.1, 0.15) is 11.9 Å². The maximum atomic E-state index is 13.9. The fourth-order valence-electron chi connectivity index (χ4n) is 1.45. The Morgan fingerprint density at radius 2 is 1.82 bits per heavy atom. The maximum absolute atomic E-state index is 13.9. The fraction of sp³-hybridized carbons (Fsp3) is 0.571. The molecule has 0 fully saturated rings. The van der Waals surface area contributed by atoms with Gasteiger partial charge in [0.15, 0.2) is 0 Å². The van der Waals surface area contributed by atoms with Crippen LogP contribution in [0.15, 0.2) is 24.3 Å². The van der Waals surface area contributed by atoms with Crippen molar-refractivity contribution in [2.75, 3.05) is 13.2 Å². The fourth-order valence-corrected chi connectivity index (χ4v) is 1.45. The van der Waals surface area contributed by atoms with Crippen molar-refractivity contribution in [1.29, 1.82) is 0 Å². The third-order valence-electron chi connectivity index (χ3n) is 2.36. The van der Waals surface area contributed by atoms with E-state index in [0.29, 0.717) is 18.7 Å². The summed E-state index contributed by atoms with van der Waals surface area (Å²) in [6.07, 6.45) is -0.982. The molecule has 0 aliphatic rings. The zero-order valence-electron chi connectivity index (χ0n) is 11.1. The second kappa shape index (κ2) is 6.01. The number of alkyl halides is 1. The molecule has 0 heterocycles. The van der Waals surface area contributed by atoms with Crippen LogP contribution >= 0.6 is 0 Å². The average molecular weight is 239 g/mol. The SMILES string of the molecule is CCOc1ccc(C(F)CNC(C)(C)C)cc1. The van der Waals surface area contributed by atoms with Crippen LogP contribution in [-0.4, -0.2) is 18.7 Å². The van der Waals surface area contributed by atoms with Crippen LogP contribution in [0.3, 0.4) is 0 Å². The molecule has 1 aromatic rings. The predicted octanol–water partition coefficient (Wildman–Crippen LogP) is 3.48. The van der Waals surface area contributed by atoms with Crippen LogP contribution in [0.2, 0.25) is 0 Å². The predicted molar refractivity (Wildman–Crippen MR) is 69.2 cm³/mol. The minimum Gasteiger partial charge on any atom is -0.494 e. The van der Waals surface area contributed by atoms with E-state index in [1.165, 1.54) is 0 Å². The molecule has 0 aromatic heterocycles. The van der Waals surface area contributed by atoms with Crippen molar-refractivity contribution in [1.82, 2.24) is 5.32 Å². The quantitative estimate of drug-likeness (QED) is 0.849. The Bertz CT molecular complexity index is 329. The van der Waals surface area contributed by atoms with E-state index in [1.54, 1.807) is 12.1 Å².